The molecule has 0 radical (unpaired) electrons. The van der Waals surface area contributed by atoms with Gasteiger partial charge in [-0.1, -0.05) is 42.5 Å². The fourth-order valence-corrected chi connectivity index (χ4v) is 3.75. The predicted octanol–water partition coefficient (Wildman–Crippen LogP) is 4.93. The lowest BCUT2D eigenvalue weighted by Gasteiger charge is -2.19. The van der Waals surface area contributed by atoms with Crippen LogP contribution in [0.5, 0.6) is 5.75 Å². The fourth-order valence-electron chi connectivity index (χ4n) is 3.75. The van der Waals surface area contributed by atoms with Crippen molar-refractivity contribution in [3.05, 3.63) is 83.7 Å². The Balaban J connectivity index is 1.29. The van der Waals surface area contributed by atoms with Gasteiger partial charge in [0, 0.05) is 18.7 Å². The zero-order valence-corrected chi connectivity index (χ0v) is 18.1. The van der Waals surface area contributed by atoms with E-state index in [9.17, 15) is 9.18 Å². The molecule has 0 unspecified atom stereocenters. The number of nitrogens with zero attached hydrogens (tertiary/aromatic N) is 2. The van der Waals surface area contributed by atoms with Crippen molar-refractivity contribution in [2.75, 3.05) is 24.6 Å². The van der Waals surface area contributed by atoms with Crippen LogP contribution < -0.4 is 15.1 Å². The van der Waals surface area contributed by atoms with Crippen LogP contribution in [0.4, 0.5) is 10.1 Å². The number of hydrazone groups is 1. The van der Waals surface area contributed by atoms with Gasteiger partial charge in [-0.15, -0.1) is 0 Å². The molecule has 3 aromatic carbocycles. The lowest BCUT2D eigenvalue weighted by Crippen LogP contribution is -2.24. The van der Waals surface area contributed by atoms with Crippen LogP contribution in [0.3, 0.4) is 0 Å². The van der Waals surface area contributed by atoms with Gasteiger partial charge in [-0.25, -0.2) is 9.82 Å². The summed E-state index contributed by atoms with van der Waals surface area (Å²) in [6.45, 7) is 3.51. The second-order valence-corrected chi connectivity index (χ2v) is 7.83. The average molecular weight is 432 g/mol. The largest absolute Gasteiger partial charge is 0.484 e. The molecule has 0 spiro atoms. The first kappa shape index (κ1) is 21.6. The molecule has 1 N–H and O–H groups in total. The van der Waals surface area contributed by atoms with Crippen LogP contribution >= 0.6 is 0 Å². The standard InChI is InChI=1S/C26H26FN3O2/c1-19-15-25(30-13-5-6-14-30)24(27)16-22(19)17-28-29-26(31)18-32-23-11-9-21(10-12-23)20-7-3-2-4-8-20/h2-4,7-12,15-17H,5-6,13-14,18H2,1H3,(H,29,31)/b28-17+. The molecule has 4 rings (SSSR count). The minimum atomic E-state index is -0.389. The maximum Gasteiger partial charge on any atom is 0.277 e. The van der Waals surface area contributed by atoms with E-state index in [4.69, 9.17) is 4.74 Å². The normalized spacial score (nSPS) is 13.5. The molecule has 0 aliphatic carbocycles. The van der Waals surface area contributed by atoms with E-state index in [0.717, 1.165) is 42.6 Å². The molecule has 1 amide bonds. The molecule has 0 saturated carbocycles. The highest BCUT2D eigenvalue weighted by Crippen LogP contribution is 2.26. The Kier molecular flexibility index (Phi) is 6.80. The minimum Gasteiger partial charge on any atom is -0.484 e. The van der Waals surface area contributed by atoms with E-state index < -0.39 is 0 Å². The Labute approximate surface area is 187 Å². The van der Waals surface area contributed by atoms with E-state index in [1.807, 2.05) is 67.6 Å². The number of aryl methyl sites for hydroxylation is 1. The summed E-state index contributed by atoms with van der Waals surface area (Å²) in [5, 5.41) is 3.95. The van der Waals surface area contributed by atoms with Gasteiger partial charge in [0.2, 0.25) is 0 Å². The molecule has 0 bridgehead atoms. The molecular weight excluding hydrogens is 405 g/mol. The number of benzene rings is 3. The summed E-state index contributed by atoms with van der Waals surface area (Å²) in [5.74, 6) is -0.0630. The summed E-state index contributed by atoms with van der Waals surface area (Å²) in [6.07, 6.45) is 3.64. The average Bonchev–Trinajstić information content (AvgIpc) is 3.35. The molecule has 1 fully saturated rings. The molecule has 1 heterocycles. The van der Waals surface area contributed by atoms with Crippen molar-refractivity contribution in [2.45, 2.75) is 19.8 Å². The summed E-state index contributed by atoms with van der Waals surface area (Å²) in [5.41, 5.74) is 6.78. The SMILES string of the molecule is Cc1cc(N2CCCC2)c(F)cc1/C=N/NC(=O)COc1ccc(-c2ccccc2)cc1. The lowest BCUT2D eigenvalue weighted by molar-refractivity contribution is -0.123. The molecule has 0 aromatic heterocycles. The van der Waals surface area contributed by atoms with Gasteiger partial charge in [0.15, 0.2) is 6.61 Å². The van der Waals surface area contributed by atoms with E-state index in [1.165, 1.54) is 12.3 Å². The molecule has 6 heteroatoms. The Morgan fingerprint density at radius 1 is 1.06 bits per heavy atom. The molecular formula is C26H26FN3O2. The van der Waals surface area contributed by atoms with Crippen LogP contribution in [-0.2, 0) is 4.79 Å². The third-order valence-electron chi connectivity index (χ3n) is 5.51. The van der Waals surface area contributed by atoms with Crippen molar-refractivity contribution in [1.82, 2.24) is 5.43 Å². The highest BCUT2D eigenvalue weighted by molar-refractivity contribution is 5.85. The number of carbonyl (C=O) groups excluding carboxylic acids is 1. The summed E-state index contributed by atoms with van der Waals surface area (Å²) >= 11 is 0. The highest BCUT2D eigenvalue weighted by atomic mass is 19.1. The van der Waals surface area contributed by atoms with E-state index >= 15 is 0 Å². The molecule has 1 saturated heterocycles. The summed E-state index contributed by atoms with van der Waals surface area (Å²) in [4.78, 5) is 14.1. The Morgan fingerprint density at radius 2 is 1.75 bits per heavy atom. The van der Waals surface area contributed by atoms with Gasteiger partial charge in [-0.05, 0) is 60.7 Å². The number of carbonyl (C=O) groups is 1. The first-order chi connectivity index (χ1) is 15.6. The van der Waals surface area contributed by atoms with E-state index in [0.29, 0.717) is 17.0 Å². The number of nitrogens with one attached hydrogen (secondary N) is 1. The van der Waals surface area contributed by atoms with E-state index in [2.05, 4.69) is 15.4 Å². The van der Waals surface area contributed by atoms with Gasteiger partial charge in [-0.2, -0.15) is 5.10 Å². The molecule has 164 valence electrons. The van der Waals surface area contributed by atoms with E-state index in [-0.39, 0.29) is 18.3 Å². The third kappa shape index (κ3) is 5.32. The second kappa shape index (κ2) is 10.1. The first-order valence-electron chi connectivity index (χ1n) is 10.8. The van der Waals surface area contributed by atoms with Gasteiger partial charge >= 0.3 is 0 Å². The topological polar surface area (TPSA) is 53.9 Å². The van der Waals surface area contributed by atoms with Crippen molar-refractivity contribution < 1.29 is 13.9 Å². The van der Waals surface area contributed by atoms with Crippen LogP contribution in [0.2, 0.25) is 0 Å². The van der Waals surface area contributed by atoms with Gasteiger partial charge in [-0.3, -0.25) is 4.79 Å². The third-order valence-corrected chi connectivity index (χ3v) is 5.51. The van der Waals surface area contributed by atoms with Gasteiger partial charge in [0.25, 0.3) is 5.91 Å². The van der Waals surface area contributed by atoms with Gasteiger partial charge in [0.1, 0.15) is 11.6 Å². The predicted molar refractivity (Wildman–Crippen MR) is 126 cm³/mol. The smallest absolute Gasteiger partial charge is 0.277 e. The van der Waals surface area contributed by atoms with Crippen molar-refractivity contribution in [1.29, 1.82) is 0 Å². The van der Waals surface area contributed by atoms with Crippen molar-refractivity contribution >= 4 is 17.8 Å². The number of halogens is 1. The van der Waals surface area contributed by atoms with Crippen molar-refractivity contribution in [3.8, 4) is 16.9 Å². The van der Waals surface area contributed by atoms with Crippen molar-refractivity contribution in [2.24, 2.45) is 5.10 Å². The molecule has 32 heavy (non-hydrogen) atoms. The van der Waals surface area contributed by atoms with Crippen molar-refractivity contribution in [3.63, 3.8) is 0 Å². The number of ether oxygens (including phenoxy) is 1. The van der Waals surface area contributed by atoms with E-state index in [1.54, 1.807) is 0 Å². The van der Waals surface area contributed by atoms with Gasteiger partial charge in [0.05, 0.1) is 11.9 Å². The Morgan fingerprint density at radius 3 is 2.47 bits per heavy atom. The zero-order chi connectivity index (χ0) is 22.3. The maximum atomic E-state index is 14.5. The number of rotatable bonds is 7. The molecule has 0 atom stereocenters. The van der Waals surface area contributed by atoms with Crippen LogP contribution in [0.1, 0.15) is 24.0 Å². The number of anilines is 1. The molecule has 5 nitrogen and oxygen atoms in total. The fraction of sp³-hybridized carbons (Fsp3) is 0.231. The molecule has 3 aromatic rings. The zero-order valence-electron chi connectivity index (χ0n) is 18.1. The lowest BCUT2D eigenvalue weighted by atomic mass is 10.1. The summed E-state index contributed by atoms with van der Waals surface area (Å²) in [7, 11) is 0. The Hall–Kier alpha value is -3.67. The number of hydrogen-bond acceptors (Lipinski definition) is 4. The molecule has 1 aliphatic heterocycles. The van der Waals surface area contributed by atoms with Crippen LogP contribution in [-0.4, -0.2) is 31.8 Å². The highest BCUT2D eigenvalue weighted by Gasteiger charge is 2.17. The summed E-state index contributed by atoms with van der Waals surface area (Å²) < 4.78 is 20.0. The molecule has 1 aliphatic rings. The minimum absolute atomic E-state index is 0.163. The monoisotopic (exact) mass is 431 g/mol. The van der Waals surface area contributed by atoms with Crippen LogP contribution in [0.25, 0.3) is 11.1 Å². The van der Waals surface area contributed by atoms with Gasteiger partial charge < -0.3 is 9.64 Å². The number of amides is 1. The second-order valence-electron chi connectivity index (χ2n) is 7.83. The summed E-state index contributed by atoms with van der Waals surface area (Å²) in [6, 6.07) is 20.9. The van der Waals surface area contributed by atoms with Crippen LogP contribution in [0, 0.1) is 12.7 Å². The number of hydrogen-bond donors (Lipinski definition) is 1. The first-order valence-corrected chi connectivity index (χ1v) is 10.8. The maximum absolute atomic E-state index is 14.5. The Bertz CT molecular complexity index is 1090. The quantitative estimate of drug-likeness (QED) is 0.426. The van der Waals surface area contributed by atoms with Crippen LogP contribution in [0.15, 0.2) is 71.8 Å².